The van der Waals surface area contributed by atoms with Crippen molar-refractivity contribution >= 4 is 39.9 Å². The van der Waals surface area contributed by atoms with E-state index in [0.717, 1.165) is 12.8 Å². The maximum Gasteiger partial charge on any atom is 0.234 e. The van der Waals surface area contributed by atoms with Crippen LogP contribution in [0.15, 0.2) is 36.7 Å². The summed E-state index contributed by atoms with van der Waals surface area (Å²) >= 11 is 5.91. The van der Waals surface area contributed by atoms with Crippen molar-refractivity contribution in [1.82, 2.24) is 14.9 Å². The number of amides is 1. The molecule has 174 valence electrons. The van der Waals surface area contributed by atoms with Gasteiger partial charge in [-0.1, -0.05) is 17.7 Å². The topological polar surface area (TPSA) is 103 Å². The van der Waals surface area contributed by atoms with Crippen molar-refractivity contribution in [3.8, 4) is 11.5 Å². The van der Waals surface area contributed by atoms with Gasteiger partial charge in [0.05, 0.1) is 29.4 Å². The summed E-state index contributed by atoms with van der Waals surface area (Å²) < 4.78 is 26.2. The highest BCUT2D eigenvalue weighted by molar-refractivity contribution is 6.31. The highest BCUT2D eigenvalue weighted by Crippen LogP contribution is 2.36. The average Bonchev–Trinajstić information content (AvgIpc) is 2.82. The van der Waals surface area contributed by atoms with Gasteiger partial charge in [0.1, 0.15) is 18.2 Å². The van der Waals surface area contributed by atoms with Crippen molar-refractivity contribution in [3.63, 3.8) is 0 Å². The van der Waals surface area contributed by atoms with Gasteiger partial charge in [0.2, 0.25) is 5.91 Å². The predicted octanol–water partition coefficient (Wildman–Crippen LogP) is 3.89. The van der Waals surface area contributed by atoms with E-state index in [1.165, 1.54) is 12.4 Å². The van der Waals surface area contributed by atoms with Gasteiger partial charge in [-0.05, 0) is 38.0 Å². The SMILES string of the molecule is COc1cc2ncnc(Nc3cccc(Cl)c3F)c2cc1OC1CCN(C(C)C(N)=O)CC1. The molecule has 1 saturated heterocycles. The van der Waals surface area contributed by atoms with Crippen LogP contribution in [-0.4, -0.2) is 53.1 Å². The van der Waals surface area contributed by atoms with Crippen LogP contribution in [-0.2, 0) is 4.79 Å². The van der Waals surface area contributed by atoms with E-state index in [2.05, 4.69) is 20.2 Å². The molecule has 1 aliphatic heterocycles. The van der Waals surface area contributed by atoms with Gasteiger partial charge in [-0.15, -0.1) is 0 Å². The fourth-order valence-corrected chi connectivity index (χ4v) is 4.06. The van der Waals surface area contributed by atoms with Crippen LogP contribution in [0.25, 0.3) is 10.9 Å². The minimum Gasteiger partial charge on any atom is -0.493 e. The highest BCUT2D eigenvalue weighted by atomic mass is 35.5. The molecule has 1 aliphatic rings. The summed E-state index contributed by atoms with van der Waals surface area (Å²) in [6.07, 6.45) is 2.81. The number of hydrogen-bond acceptors (Lipinski definition) is 7. The summed E-state index contributed by atoms with van der Waals surface area (Å²) in [7, 11) is 1.56. The number of carbonyl (C=O) groups is 1. The molecule has 2 aromatic carbocycles. The summed E-state index contributed by atoms with van der Waals surface area (Å²) in [5.41, 5.74) is 6.25. The molecule has 0 saturated carbocycles. The van der Waals surface area contributed by atoms with E-state index in [4.69, 9.17) is 26.8 Å². The quantitative estimate of drug-likeness (QED) is 0.536. The van der Waals surface area contributed by atoms with E-state index in [1.807, 2.05) is 6.92 Å². The molecule has 2 heterocycles. The first kappa shape index (κ1) is 23.0. The lowest BCUT2D eigenvalue weighted by Crippen LogP contribution is -2.48. The van der Waals surface area contributed by atoms with Crippen LogP contribution in [0, 0.1) is 5.82 Å². The Kier molecular flexibility index (Phi) is 6.80. The van der Waals surface area contributed by atoms with Crippen LogP contribution in [0.1, 0.15) is 19.8 Å². The van der Waals surface area contributed by atoms with E-state index in [0.29, 0.717) is 41.3 Å². The predicted molar refractivity (Wildman–Crippen MR) is 125 cm³/mol. The number of carbonyl (C=O) groups excluding carboxylic acids is 1. The number of hydrogen-bond donors (Lipinski definition) is 2. The summed E-state index contributed by atoms with van der Waals surface area (Å²) in [5, 5.41) is 3.66. The van der Waals surface area contributed by atoms with Crippen molar-refractivity contribution in [3.05, 3.63) is 47.5 Å². The van der Waals surface area contributed by atoms with Crippen molar-refractivity contribution in [2.75, 3.05) is 25.5 Å². The number of rotatable bonds is 7. The van der Waals surface area contributed by atoms with E-state index >= 15 is 0 Å². The molecule has 8 nitrogen and oxygen atoms in total. The van der Waals surface area contributed by atoms with Gasteiger partial charge in [0, 0.05) is 24.5 Å². The number of methoxy groups -OCH3 is 1. The molecule has 33 heavy (non-hydrogen) atoms. The maximum atomic E-state index is 14.4. The second-order valence-corrected chi connectivity index (χ2v) is 8.31. The van der Waals surface area contributed by atoms with Crippen molar-refractivity contribution in [2.24, 2.45) is 5.73 Å². The number of halogens is 2. The molecule has 10 heteroatoms. The zero-order chi connectivity index (χ0) is 23.5. The molecule has 1 atom stereocenters. The average molecular weight is 474 g/mol. The fraction of sp³-hybridized carbons (Fsp3) is 0.348. The number of nitrogens with one attached hydrogen (secondary N) is 1. The first-order valence-corrected chi connectivity index (χ1v) is 11.0. The van der Waals surface area contributed by atoms with Crippen molar-refractivity contribution < 1.29 is 18.7 Å². The third kappa shape index (κ3) is 4.94. The molecule has 1 aromatic heterocycles. The number of anilines is 2. The van der Waals surface area contributed by atoms with Crippen LogP contribution in [0.4, 0.5) is 15.9 Å². The number of nitrogens with two attached hydrogens (primary N) is 1. The highest BCUT2D eigenvalue weighted by Gasteiger charge is 2.27. The molecule has 0 spiro atoms. The number of aromatic nitrogens is 2. The van der Waals surface area contributed by atoms with Gasteiger partial charge in [0.15, 0.2) is 17.3 Å². The number of piperidine rings is 1. The van der Waals surface area contributed by atoms with Gasteiger partial charge in [-0.3, -0.25) is 9.69 Å². The normalized spacial score (nSPS) is 15.9. The standard InChI is InChI=1S/C23H25ClFN5O3/c1-13(22(26)31)30-8-6-14(7-9-30)33-20-10-15-18(11-19(20)32-2)27-12-28-23(15)29-17-5-3-4-16(24)21(17)25/h3-5,10-14H,6-9H2,1-2H3,(H2,26,31)(H,27,28,29). The first-order chi connectivity index (χ1) is 15.9. The van der Waals surface area contributed by atoms with Gasteiger partial charge in [-0.2, -0.15) is 0 Å². The Morgan fingerprint density at radius 1 is 1.27 bits per heavy atom. The van der Waals surface area contributed by atoms with E-state index in [9.17, 15) is 9.18 Å². The summed E-state index contributed by atoms with van der Waals surface area (Å²) in [4.78, 5) is 22.1. The number of benzene rings is 2. The monoisotopic (exact) mass is 473 g/mol. The van der Waals surface area contributed by atoms with E-state index in [1.54, 1.807) is 31.4 Å². The summed E-state index contributed by atoms with van der Waals surface area (Å²) in [6.45, 7) is 3.22. The van der Waals surface area contributed by atoms with Crippen LogP contribution in [0.5, 0.6) is 11.5 Å². The minimum atomic E-state index is -0.562. The van der Waals surface area contributed by atoms with Gasteiger partial charge >= 0.3 is 0 Å². The molecule has 3 aromatic rings. The molecule has 0 aliphatic carbocycles. The summed E-state index contributed by atoms with van der Waals surface area (Å²) in [5.74, 6) is 0.596. The molecule has 4 rings (SSSR count). The van der Waals surface area contributed by atoms with Crippen molar-refractivity contribution in [1.29, 1.82) is 0 Å². The molecule has 1 fully saturated rings. The summed E-state index contributed by atoms with van der Waals surface area (Å²) in [6, 6.07) is 7.95. The van der Waals surface area contributed by atoms with Crippen LogP contribution in [0.3, 0.4) is 0 Å². The van der Waals surface area contributed by atoms with Crippen LogP contribution >= 0.6 is 11.6 Å². The molecule has 1 amide bonds. The number of nitrogens with zero attached hydrogens (tertiary/aromatic N) is 3. The Morgan fingerprint density at radius 3 is 2.73 bits per heavy atom. The molecule has 1 unspecified atom stereocenters. The second-order valence-electron chi connectivity index (χ2n) is 7.90. The smallest absolute Gasteiger partial charge is 0.234 e. The third-order valence-electron chi connectivity index (χ3n) is 5.86. The number of ether oxygens (including phenoxy) is 2. The Labute approximate surface area is 195 Å². The molecule has 3 N–H and O–H groups in total. The van der Waals surface area contributed by atoms with Gasteiger partial charge in [0.25, 0.3) is 0 Å². The Hall–Kier alpha value is -3.17. The molecular weight excluding hydrogens is 449 g/mol. The number of fused-ring (bicyclic) bond motifs is 1. The zero-order valence-corrected chi connectivity index (χ0v) is 19.1. The second kappa shape index (κ2) is 9.76. The lowest BCUT2D eigenvalue weighted by Gasteiger charge is -2.34. The zero-order valence-electron chi connectivity index (χ0n) is 18.3. The van der Waals surface area contributed by atoms with Gasteiger partial charge in [-0.25, -0.2) is 14.4 Å². The van der Waals surface area contributed by atoms with Gasteiger partial charge < -0.3 is 20.5 Å². The van der Waals surface area contributed by atoms with Crippen LogP contribution < -0.4 is 20.5 Å². The Morgan fingerprint density at radius 2 is 2.03 bits per heavy atom. The van der Waals surface area contributed by atoms with E-state index in [-0.39, 0.29) is 28.8 Å². The van der Waals surface area contributed by atoms with Crippen molar-refractivity contribution in [2.45, 2.75) is 31.9 Å². The Balaban J connectivity index is 1.59. The first-order valence-electron chi connectivity index (χ1n) is 10.6. The lowest BCUT2D eigenvalue weighted by molar-refractivity contribution is -0.123. The molecule has 0 radical (unpaired) electrons. The third-order valence-corrected chi connectivity index (χ3v) is 6.15. The van der Waals surface area contributed by atoms with E-state index < -0.39 is 5.82 Å². The Bertz CT molecular complexity index is 1170. The number of primary amides is 1. The van der Waals surface area contributed by atoms with Crippen LogP contribution in [0.2, 0.25) is 5.02 Å². The minimum absolute atomic E-state index is 0.0149. The molecular formula is C23H25ClFN5O3. The maximum absolute atomic E-state index is 14.4. The fourth-order valence-electron chi connectivity index (χ4n) is 3.88. The number of likely N-dealkylation sites (tertiary alicyclic amines) is 1. The lowest BCUT2D eigenvalue weighted by atomic mass is 10.1. The molecule has 0 bridgehead atoms. The largest absolute Gasteiger partial charge is 0.493 e.